The second kappa shape index (κ2) is 9.07. The summed E-state index contributed by atoms with van der Waals surface area (Å²) in [5.74, 6) is 1.35. The number of piperazine rings is 1. The number of hydrogen-bond acceptors (Lipinski definition) is 6. The Morgan fingerprint density at radius 2 is 1.80 bits per heavy atom. The van der Waals surface area contributed by atoms with Crippen molar-refractivity contribution in [1.29, 1.82) is 0 Å². The molecule has 1 aliphatic heterocycles. The van der Waals surface area contributed by atoms with Crippen LogP contribution in [0.1, 0.15) is 52.9 Å². The van der Waals surface area contributed by atoms with E-state index in [-0.39, 0.29) is 5.91 Å². The van der Waals surface area contributed by atoms with Gasteiger partial charge in [-0.1, -0.05) is 18.9 Å². The van der Waals surface area contributed by atoms with Crippen molar-refractivity contribution in [2.24, 2.45) is 0 Å². The fourth-order valence-electron chi connectivity index (χ4n) is 5.86. The molecule has 0 spiro atoms. The lowest BCUT2D eigenvalue weighted by molar-refractivity contribution is 0.0572. The third-order valence-electron chi connectivity index (χ3n) is 7.96. The Kier molecular flexibility index (Phi) is 5.76. The average Bonchev–Trinajstić information content (AvgIpc) is 3.58. The van der Waals surface area contributed by atoms with Gasteiger partial charge in [-0.05, 0) is 55.9 Å². The molecule has 6 rings (SSSR count). The van der Waals surface area contributed by atoms with Gasteiger partial charge in [-0.25, -0.2) is 14.6 Å². The third kappa shape index (κ3) is 3.99. The fourth-order valence-corrected chi connectivity index (χ4v) is 5.86. The predicted molar refractivity (Wildman–Crippen MR) is 133 cm³/mol. The fraction of sp³-hybridized carbons (Fsp3) is 0.481. The molecule has 2 aliphatic carbocycles. The first-order valence-electron chi connectivity index (χ1n) is 12.7. The first kappa shape index (κ1) is 22.2. The first-order chi connectivity index (χ1) is 17.1. The van der Waals surface area contributed by atoms with Crippen LogP contribution in [0.5, 0.6) is 5.75 Å². The summed E-state index contributed by atoms with van der Waals surface area (Å²) in [5.41, 5.74) is 5.78. The predicted octanol–water partition coefficient (Wildman–Crippen LogP) is 3.45. The molecule has 2 fully saturated rings. The second-order valence-electron chi connectivity index (χ2n) is 9.89. The monoisotopic (exact) mass is 472 g/mol. The van der Waals surface area contributed by atoms with Gasteiger partial charge in [0.15, 0.2) is 0 Å². The van der Waals surface area contributed by atoms with Gasteiger partial charge < -0.3 is 9.64 Å². The summed E-state index contributed by atoms with van der Waals surface area (Å²) in [6.45, 7) is 5.39. The summed E-state index contributed by atoms with van der Waals surface area (Å²) in [5, 5.41) is 4.53. The molecule has 8 heteroatoms. The number of carbonyl (C=O) groups excluding carboxylic acids is 1. The molecule has 35 heavy (non-hydrogen) atoms. The second-order valence-corrected chi connectivity index (χ2v) is 9.89. The van der Waals surface area contributed by atoms with Gasteiger partial charge in [0.25, 0.3) is 11.9 Å². The standard InChI is InChI=1S/C27H32N6O2/c1-18-24(26(34)32-13-11-31(12-14-32)21-5-3-4-6-21)17-29-33(18)27-28-16-20-8-7-19-9-10-22(35-2)15-23(19)25(20)30-27/h9-10,15-17,21H,3-8,11-14H2,1-2H3. The van der Waals surface area contributed by atoms with Crippen LogP contribution in [0.4, 0.5) is 0 Å². The van der Waals surface area contributed by atoms with Crippen LogP contribution in [-0.2, 0) is 12.8 Å². The average molecular weight is 473 g/mol. The number of aryl methyl sites for hydroxylation is 2. The van der Waals surface area contributed by atoms with Gasteiger partial charge >= 0.3 is 0 Å². The largest absolute Gasteiger partial charge is 0.497 e. The molecule has 1 amide bonds. The van der Waals surface area contributed by atoms with Gasteiger partial charge in [-0.2, -0.15) is 5.10 Å². The van der Waals surface area contributed by atoms with Crippen LogP contribution in [0.3, 0.4) is 0 Å². The van der Waals surface area contributed by atoms with Crippen molar-refractivity contribution in [1.82, 2.24) is 29.5 Å². The van der Waals surface area contributed by atoms with E-state index in [1.54, 1.807) is 18.0 Å². The Bertz CT molecular complexity index is 1250. The molecule has 0 unspecified atom stereocenters. The van der Waals surface area contributed by atoms with Crippen LogP contribution in [0.25, 0.3) is 17.2 Å². The maximum atomic E-state index is 13.4. The minimum Gasteiger partial charge on any atom is -0.497 e. The van der Waals surface area contributed by atoms with Gasteiger partial charge in [0, 0.05) is 44.0 Å². The number of hydrogen-bond donors (Lipinski definition) is 0. The molecule has 1 aromatic carbocycles. The summed E-state index contributed by atoms with van der Waals surface area (Å²) >= 11 is 0. The number of methoxy groups -OCH3 is 1. The molecule has 8 nitrogen and oxygen atoms in total. The number of amides is 1. The van der Waals surface area contributed by atoms with Crippen LogP contribution in [0.2, 0.25) is 0 Å². The van der Waals surface area contributed by atoms with Crippen LogP contribution in [0.15, 0.2) is 30.6 Å². The van der Waals surface area contributed by atoms with Gasteiger partial charge in [-0.3, -0.25) is 9.69 Å². The zero-order valence-corrected chi connectivity index (χ0v) is 20.5. The number of nitrogens with zero attached hydrogens (tertiary/aromatic N) is 6. The maximum Gasteiger partial charge on any atom is 0.257 e. The summed E-state index contributed by atoms with van der Waals surface area (Å²) in [4.78, 5) is 27.4. The summed E-state index contributed by atoms with van der Waals surface area (Å²) < 4.78 is 7.14. The zero-order valence-electron chi connectivity index (χ0n) is 20.5. The van der Waals surface area contributed by atoms with Crippen molar-refractivity contribution >= 4 is 5.91 Å². The minimum absolute atomic E-state index is 0.0489. The minimum atomic E-state index is 0.0489. The number of aromatic nitrogens is 4. The number of carbonyl (C=O) groups is 1. The molecule has 3 aliphatic rings. The van der Waals surface area contributed by atoms with E-state index in [0.29, 0.717) is 17.6 Å². The molecule has 1 saturated heterocycles. The topological polar surface area (TPSA) is 76.4 Å². The van der Waals surface area contributed by atoms with Crippen LogP contribution in [-0.4, -0.2) is 74.8 Å². The van der Waals surface area contributed by atoms with E-state index < -0.39 is 0 Å². The van der Waals surface area contributed by atoms with Gasteiger partial charge in [-0.15, -0.1) is 0 Å². The smallest absolute Gasteiger partial charge is 0.257 e. The van der Waals surface area contributed by atoms with E-state index in [1.807, 2.05) is 30.2 Å². The highest BCUT2D eigenvalue weighted by molar-refractivity contribution is 5.95. The maximum absolute atomic E-state index is 13.4. The van der Waals surface area contributed by atoms with E-state index in [9.17, 15) is 4.79 Å². The van der Waals surface area contributed by atoms with Gasteiger partial charge in [0.05, 0.1) is 30.3 Å². The highest BCUT2D eigenvalue weighted by Gasteiger charge is 2.30. The van der Waals surface area contributed by atoms with E-state index in [1.165, 1.54) is 31.2 Å². The van der Waals surface area contributed by atoms with E-state index in [4.69, 9.17) is 9.72 Å². The first-order valence-corrected chi connectivity index (χ1v) is 12.7. The lowest BCUT2D eigenvalue weighted by atomic mass is 9.90. The number of benzene rings is 1. The van der Waals surface area contributed by atoms with Crippen molar-refractivity contribution < 1.29 is 9.53 Å². The molecule has 0 radical (unpaired) electrons. The number of ether oxygens (including phenoxy) is 1. The van der Waals surface area contributed by atoms with Crippen LogP contribution >= 0.6 is 0 Å². The van der Waals surface area contributed by atoms with Crippen molar-refractivity contribution in [3.8, 4) is 23.0 Å². The number of rotatable bonds is 4. The summed E-state index contributed by atoms with van der Waals surface area (Å²) in [6, 6.07) is 6.86. The highest BCUT2D eigenvalue weighted by Crippen LogP contribution is 2.34. The Hall–Kier alpha value is -3.26. The van der Waals surface area contributed by atoms with Gasteiger partial charge in [0.1, 0.15) is 5.75 Å². The molecular formula is C27H32N6O2. The van der Waals surface area contributed by atoms with E-state index in [2.05, 4.69) is 21.0 Å². The highest BCUT2D eigenvalue weighted by atomic mass is 16.5. The van der Waals surface area contributed by atoms with E-state index in [0.717, 1.165) is 67.3 Å². The number of fused-ring (bicyclic) bond motifs is 3. The SMILES string of the molecule is COc1ccc2c(c1)-c1nc(-n3ncc(C(=O)N4CCN(C5CCCC5)CC4)c3C)ncc1CC2. The molecule has 1 saturated carbocycles. The third-order valence-corrected chi connectivity index (χ3v) is 7.96. The van der Waals surface area contributed by atoms with Crippen LogP contribution in [0, 0.1) is 6.92 Å². The van der Waals surface area contributed by atoms with Crippen molar-refractivity contribution in [2.75, 3.05) is 33.3 Å². The summed E-state index contributed by atoms with van der Waals surface area (Å²) in [6.07, 6.45) is 10.7. The Labute approximate surface area is 205 Å². The molecule has 0 N–H and O–H groups in total. The lowest BCUT2D eigenvalue weighted by Crippen LogP contribution is -2.51. The molecular weight excluding hydrogens is 440 g/mol. The zero-order chi connectivity index (χ0) is 23.9. The Morgan fingerprint density at radius 1 is 1.03 bits per heavy atom. The molecule has 0 atom stereocenters. The lowest BCUT2D eigenvalue weighted by Gasteiger charge is -2.38. The Morgan fingerprint density at radius 3 is 2.57 bits per heavy atom. The molecule has 3 aromatic rings. The van der Waals surface area contributed by atoms with E-state index >= 15 is 0 Å². The van der Waals surface area contributed by atoms with Crippen molar-refractivity contribution in [3.63, 3.8) is 0 Å². The molecule has 182 valence electrons. The van der Waals surface area contributed by atoms with Crippen molar-refractivity contribution in [2.45, 2.75) is 51.5 Å². The molecule has 3 heterocycles. The molecule has 0 bridgehead atoms. The Balaban J connectivity index is 1.24. The summed E-state index contributed by atoms with van der Waals surface area (Å²) in [7, 11) is 1.68. The normalized spacial score (nSPS) is 18.4. The molecule has 2 aromatic heterocycles. The quantitative estimate of drug-likeness (QED) is 0.579. The van der Waals surface area contributed by atoms with Crippen molar-refractivity contribution in [3.05, 3.63) is 53.0 Å². The van der Waals surface area contributed by atoms with Crippen LogP contribution < -0.4 is 4.74 Å². The van der Waals surface area contributed by atoms with Gasteiger partial charge in [0.2, 0.25) is 0 Å².